The Morgan fingerprint density at radius 3 is 2.65 bits per heavy atom. The van der Waals surface area contributed by atoms with Crippen molar-refractivity contribution in [2.24, 2.45) is 0 Å². The largest absolute Gasteiger partial charge is 0.477 e. The molecule has 20 heavy (non-hydrogen) atoms. The first kappa shape index (κ1) is 15.4. The fraction of sp³-hybridized carbons (Fsp3) is 0.214. The van der Waals surface area contributed by atoms with Crippen LogP contribution in [0.25, 0.3) is 10.4 Å². The Bertz CT molecular complexity index is 682. The van der Waals surface area contributed by atoms with Crippen molar-refractivity contribution in [2.75, 3.05) is 5.73 Å². The molecular formula is C14H13BrClNO2S. The first-order chi connectivity index (χ1) is 9.32. The molecule has 1 aromatic carbocycles. The molecule has 2 aromatic rings. The molecule has 0 atom stereocenters. The summed E-state index contributed by atoms with van der Waals surface area (Å²) >= 11 is 10.7. The minimum absolute atomic E-state index is 0.125. The molecule has 3 N–H and O–H groups in total. The van der Waals surface area contributed by atoms with Gasteiger partial charge >= 0.3 is 5.97 Å². The maximum absolute atomic E-state index is 11.3. The van der Waals surface area contributed by atoms with E-state index >= 15 is 0 Å². The number of thiophene rings is 1. The van der Waals surface area contributed by atoms with Crippen molar-refractivity contribution in [3.63, 3.8) is 0 Å². The second kappa shape index (κ2) is 5.76. The lowest BCUT2D eigenvalue weighted by atomic mass is 9.98. The minimum atomic E-state index is -1.00. The van der Waals surface area contributed by atoms with Gasteiger partial charge in [0.05, 0.1) is 5.69 Å². The molecule has 0 bridgehead atoms. The van der Waals surface area contributed by atoms with Crippen LogP contribution < -0.4 is 5.73 Å². The van der Waals surface area contributed by atoms with Gasteiger partial charge in [0.2, 0.25) is 0 Å². The lowest BCUT2D eigenvalue weighted by Crippen LogP contribution is -2.00. The molecule has 106 valence electrons. The van der Waals surface area contributed by atoms with Gasteiger partial charge in [0.15, 0.2) is 0 Å². The van der Waals surface area contributed by atoms with E-state index in [2.05, 4.69) is 15.9 Å². The third-order valence-electron chi connectivity index (χ3n) is 2.93. The van der Waals surface area contributed by atoms with E-state index in [4.69, 9.17) is 17.3 Å². The number of hydrogen-bond donors (Lipinski definition) is 2. The molecule has 0 spiro atoms. The summed E-state index contributed by atoms with van der Waals surface area (Å²) in [5.74, 6) is -0.876. The Hall–Kier alpha value is -1.04. The second-order valence-corrected chi connectivity index (χ2v) is 6.98. The number of hydrogen-bond acceptors (Lipinski definition) is 3. The Labute approximate surface area is 134 Å². The summed E-state index contributed by atoms with van der Waals surface area (Å²) in [4.78, 5) is 12.3. The molecule has 0 unspecified atom stereocenters. The predicted octanol–water partition coefficient (Wildman–Crippen LogP) is 5.23. The van der Waals surface area contributed by atoms with E-state index in [0.29, 0.717) is 10.7 Å². The molecule has 0 saturated carbocycles. The highest BCUT2D eigenvalue weighted by Gasteiger charge is 2.24. The molecule has 0 saturated heterocycles. The Morgan fingerprint density at radius 2 is 2.10 bits per heavy atom. The van der Waals surface area contributed by atoms with Crippen molar-refractivity contribution >= 4 is 50.5 Å². The van der Waals surface area contributed by atoms with Gasteiger partial charge in [-0.15, -0.1) is 11.3 Å². The topological polar surface area (TPSA) is 63.3 Å². The van der Waals surface area contributed by atoms with Gasteiger partial charge < -0.3 is 10.8 Å². The number of carbonyl (C=O) groups is 1. The summed E-state index contributed by atoms with van der Waals surface area (Å²) in [5, 5.41) is 9.85. The van der Waals surface area contributed by atoms with Crippen LogP contribution in [0.1, 0.15) is 35.0 Å². The fourth-order valence-electron chi connectivity index (χ4n) is 2.06. The molecule has 2 rings (SSSR count). The number of carboxylic acid groups (broad SMARTS) is 1. The standard InChI is InChI=1S/C14H13BrClNO2S/c1-6(2)10-11(17)13(14(18)19)20-12(10)8-5-7(16)3-4-9(8)15/h3-6H,17H2,1-2H3,(H,18,19). The van der Waals surface area contributed by atoms with Gasteiger partial charge in [-0.1, -0.05) is 41.4 Å². The number of halogens is 2. The number of benzene rings is 1. The first-order valence-corrected chi connectivity index (χ1v) is 7.92. The van der Waals surface area contributed by atoms with Gasteiger partial charge in [0.25, 0.3) is 0 Å². The van der Waals surface area contributed by atoms with Crippen molar-refractivity contribution < 1.29 is 9.90 Å². The van der Waals surface area contributed by atoms with E-state index < -0.39 is 5.97 Å². The van der Waals surface area contributed by atoms with Crippen molar-refractivity contribution in [1.82, 2.24) is 0 Å². The Kier molecular flexibility index (Phi) is 4.42. The summed E-state index contributed by atoms with van der Waals surface area (Å²) in [7, 11) is 0. The van der Waals surface area contributed by atoms with Crippen molar-refractivity contribution in [3.8, 4) is 10.4 Å². The molecule has 6 heteroatoms. The Morgan fingerprint density at radius 1 is 1.45 bits per heavy atom. The van der Waals surface area contributed by atoms with Gasteiger partial charge in [-0.2, -0.15) is 0 Å². The predicted molar refractivity (Wildman–Crippen MR) is 87.9 cm³/mol. The van der Waals surface area contributed by atoms with Crippen LogP contribution >= 0.6 is 38.9 Å². The highest BCUT2D eigenvalue weighted by atomic mass is 79.9. The molecule has 0 radical (unpaired) electrons. The van der Waals surface area contributed by atoms with Crippen molar-refractivity contribution in [3.05, 3.63) is 38.1 Å². The maximum atomic E-state index is 11.3. The van der Waals surface area contributed by atoms with Gasteiger partial charge in [-0.3, -0.25) is 0 Å². The van der Waals surface area contributed by atoms with Gasteiger partial charge in [-0.05, 0) is 29.7 Å². The van der Waals surface area contributed by atoms with E-state index in [9.17, 15) is 9.90 Å². The van der Waals surface area contributed by atoms with Crippen LogP contribution in [0.3, 0.4) is 0 Å². The average Bonchev–Trinajstić information content (AvgIpc) is 2.70. The molecule has 1 heterocycles. The van der Waals surface area contributed by atoms with Crippen molar-refractivity contribution in [2.45, 2.75) is 19.8 Å². The third kappa shape index (κ3) is 2.71. The third-order valence-corrected chi connectivity index (χ3v) is 5.10. The average molecular weight is 375 g/mol. The number of nitrogens with two attached hydrogens (primary N) is 1. The molecule has 0 aliphatic rings. The second-order valence-electron chi connectivity index (χ2n) is 4.67. The zero-order chi connectivity index (χ0) is 15.0. The van der Waals surface area contributed by atoms with Gasteiger partial charge in [-0.25, -0.2) is 4.79 Å². The van der Waals surface area contributed by atoms with Crippen LogP contribution in [0.2, 0.25) is 5.02 Å². The van der Waals surface area contributed by atoms with Crippen LogP contribution in [0.15, 0.2) is 22.7 Å². The minimum Gasteiger partial charge on any atom is -0.477 e. The number of carboxylic acids is 1. The monoisotopic (exact) mass is 373 g/mol. The summed E-state index contributed by atoms with van der Waals surface area (Å²) in [6.07, 6.45) is 0. The highest BCUT2D eigenvalue weighted by molar-refractivity contribution is 9.10. The van der Waals surface area contributed by atoms with Crippen LogP contribution in [-0.4, -0.2) is 11.1 Å². The zero-order valence-electron chi connectivity index (χ0n) is 10.9. The summed E-state index contributed by atoms with van der Waals surface area (Å²) in [5.41, 5.74) is 8.08. The van der Waals surface area contributed by atoms with E-state index in [0.717, 1.165) is 20.5 Å². The maximum Gasteiger partial charge on any atom is 0.348 e. The van der Waals surface area contributed by atoms with E-state index in [-0.39, 0.29) is 10.8 Å². The molecule has 0 amide bonds. The first-order valence-electron chi connectivity index (χ1n) is 5.93. The molecule has 3 nitrogen and oxygen atoms in total. The molecule has 0 aliphatic heterocycles. The molecule has 1 aromatic heterocycles. The molecule has 0 aliphatic carbocycles. The normalized spacial score (nSPS) is 11.1. The lowest BCUT2D eigenvalue weighted by molar-refractivity contribution is 0.0703. The van der Waals surface area contributed by atoms with Gasteiger partial charge in [0.1, 0.15) is 4.88 Å². The smallest absolute Gasteiger partial charge is 0.348 e. The van der Waals surface area contributed by atoms with E-state index in [1.165, 1.54) is 11.3 Å². The fourth-order valence-corrected chi connectivity index (χ4v) is 4.05. The SMILES string of the molecule is CC(C)c1c(-c2cc(Cl)ccc2Br)sc(C(=O)O)c1N. The summed E-state index contributed by atoms with van der Waals surface area (Å²) in [6, 6.07) is 5.44. The van der Waals surface area contributed by atoms with Crippen LogP contribution in [0, 0.1) is 0 Å². The number of anilines is 1. The summed E-state index contributed by atoms with van der Waals surface area (Å²) < 4.78 is 0.863. The number of rotatable bonds is 3. The zero-order valence-corrected chi connectivity index (χ0v) is 14.1. The van der Waals surface area contributed by atoms with E-state index in [1.54, 1.807) is 6.07 Å². The number of aromatic carboxylic acids is 1. The van der Waals surface area contributed by atoms with Gasteiger partial charge in [0, 0.05) is 19.9 Å². The summed E-state index contributed by atoms with van der Waals surface area (Å²) in [6.45, 7) is 3.98. The van der Waals surface area contributed by atoms with E-state index in [1.807, 2.05) is 26.0 Å². The Balaban J connectivity index is 2.76. The van der Waals surface area contributed by atoms with Crippen molar-refractivity contribution in [1.29, 1.82) is 0 Å². The molecular weight excluding hydrogens is 362 g/mol. The quantitative estimate of drug-likeness (QED) is 0.772. The van der Waals surface area contributed by atoms with Crippen LogP contribution in [0.4, 0.5) is 5.69 Å². The lowest BCUT2D eigenvalue weighted by Gasteiger charge is -2.10. The van der Waals surface area contributed by atoms with Crippen LogP contribution in [-0.2, 0) is 0 Å². The number of nitrogen functional groups attached to an aromatic ring is 1. The molecule has 0 fully saturated rings. The van der Waals surface area contributed by atoms with Crippen LogP contribution in [0.5, 0.6) is 0 Å². The highest BCUT2D eigenvalue weighted by Crippen LogP contribution is 2.45.